The summed E-state index contributed by atoms with van der Waals surface area (Å²) in [6.07, 6.45) is 8.44. The van der Waals surface area contributed by atoms with Crippen LogP contribution >= 0.6 is 0 Å². The van der Waals surface area contributed by atoms with Crippen molar-refractivity contribution in [1.29, 1.82) is 5.26 Å². The average molecular weight is 542 g/mol. The Bertz CT molecular complexity index is 1740. The van der Waals surface area contributed by atoms with Gasteiger partial charge in [-0.25, -0.2) is 4.68 Å². The topological polar surface area (TPSA) is 101 Å². The zero-order chi connectivity index (χ0) is 28.9. The Balaban J connectivity index is 1.65. The van der Waals surface area contributed by atoms with E-state index in [0.717, 1.165) is 21.7 Å². The Morgan fingerprint density at radius 2 is 1.85 bits per heavy atom. The Morgan fingerprint density at radius 3 is 2.54 bits per heavy atom. The van der Waals surface area contributed by atoms with E-state index >= 15 is 0 Å². The first-order chi connectivity index (χ1) is 19.9. The number of carbonyl (C=O) groups is 2. The molecule has 0 N–H and O–H groups in total. The molecule has 0 saturated heterocycles. The molecule has 8 nitrogen and oxygen atoms in total. The highest BCUT2D eigenvalue weighted by atomic mass is 16.5. The molecule has 5 rings (SSSR count). The number of para-hydroxylation sites is 1. The fourth-order valence-corrected chi connectivity index (χ4v) is 4.67. The fourth-order valence-electron chi connectivity index (χ4n) is 4.67. The molecular weight excluding hydrogens is 514 g/mol. The van der Waals surface area contributed by atoms with Crippen molar-refractivity contribution in [1.82, 2.24) is 19.7 Å². The number of benzene rings is 2. The predicted molar refractivity (Wildman–Crippen MR) is 156 cm³/mol. The highest BCUT2D eigenvalue weighted by Gasteiger charge is 2.35. The quantitative estimate of drug-likeness (QED) is 0.164. The van der Waals surface area contributed by atoms with E-state index in [1.807, 2.05) is 67.7 Å². The van der Waals surface area contributed by atoms with Crippen molar-refractivity contribution in [3.05, 3.63) is 125 Å². The molecule has 0 saturated carbocycles. The Labute approximate surface area is 238 Å². The summed E-state index contributed by atoms with van der Waals surface area (Å²) < 4.78 is 7.45. The van der Waals surface area contributed by atoms with E-state index in [4.69, 9.17) is 9.84 Å². The maximum Gasteiger partial charge on any atom is 0.271 e. The molecule has 0 unspecified atom stereocenters. The highest BCUT2D eigenvalue weighted by Crippen LogP contribution is 2.34. The summed E-state index contributed by atoms with van der Waals surface area (Å²) in [5.74, 6) is -0.404. The molecule has 0 radical (unpaired) electrons. The van der Waals surface area contributed by atoms with Gasteiger partial charge < -0.3 is 4.74 Å². The van der Waals surface area contributed by atoms with Crippen molar-refractivity contribution in [3.63, 3.8) is 0 Å². The van der Waals surface area contributed by atoms with E-state index < -0.39 is 11.8 Å². The lowest BCUT2D eigenvalue weighted by Crippen LogP contribution is -2.42. The molecule has 8 heteroatoms. The molecule has 1 aliphatic heterocycles. The van der Waals surface area contributed by atoms with Crippen LogP contribution in [0.1, 0.15) is 23.6 Å². The molecule has 0 atom stereocenters. The number of aromatic nitrogens is 3. The lowest BCUT2D eigenvalue weighted by molar-refractivity contribution is -0.141. The van der Waals surface area contributed by atoms with Crippen molar-refractivity contribution >= 4 is 17.9 Å². The van der Waals surface area contributed by atoms with Crippen molar-refractivity contribution in [2.75, 3.05) is 6.61 Å². The van der Waals surface area contributed by atoms with Crippen molar-refractivity contribution < 1.29 is 14.3 Å². The lowest BCUT2D eigenvalue weighted by Gasteiger charge is -2.27. The number of imide groups is 1. The molecule has 0 aliphatic carbocycles. The van der Waals surface area contributed by atoms with Gasteiger partial charge >= 0.3 is 0 Å². The Hall–Kier alpha value is -5.55. The van der Waals surface area contributed by atoms with Crippen LogP contribution in [0.15, 0.2) is 109 Å². The summed E-state index contributed by atoms with van der Waals surface area (Å²) in [6.45, 7) is 7.68. The van der Waals surface area contributed by atoms with Gasteiger partial charge in [0.05, 0.1) is 12.2 Å². The smallest absolute Gasteiger partial charge is 0.271 e. The van der Waals surface area contributed by atoms with Crippen LogP contribution in [0.4, 0.5) is 0 Å². The van der Waals surface area contributed by atoms with Gasteiger partial charge in [0.2, 0.25) is 0 Å². The van der Waals surface area contributed by atoms with Gasteiger partial charge in [0, 0.05) is 35.3 Å². The SMILES string of the molecule is C=CCOc1ccc(-c2nn(-c3ccccc3)cc2/C=C2/C(=O)N(Cc3cccnc3)C(=O)C(C#N)=C2C)c(C)c1. The van der Waals surface area contributed by atoms with Gasteiger partial charge in [0.1, 0.15) is 29.7 Å². The van der Waals surface area contributed by atoms with Crippen LogP contribution in [0.5, 0.6) is 5.75 Å². The molecule has 202 valence electrons. The van der Waals surface area contributed by atoms with E-state index in [1.165, 1.54) is 0 Å². The molecule has 2 aromatic heterocycles. The van der Waals surface area contributed by atoms with Gasteiger partial charge in [-0.15, -0.1) is 0 Å². The van der Waals surface area contributed by atoms with Crippen LogP contribution < -0.4 is 4.74 Å². The lowest BCUT2D eigenvalue weighted by atomic mass is 9.92. The van der Waals surface area contributed by atoms with Crippen LogP contribution in [-0.4, -0.2) is 38.1 Å². The van der Waals surface area contributed by atoms with Crippen molar-refractivity contribution in [2.45, 2.75) is 20.4 Å². The number of hydrogen-bond donors (Lipinski definition) is 0. The number of nitrogens with zero attached hydrogens (tertiary/aromatic N) is 5. The molecule has 2 amide bonds. The van der Waals surface area contributed by atoms with Gasteiger partial charge in [0.15, 0.2) is 0 Å². The van der Waals surface area contributed by atoms with Gasteiger partial charge in [-0.3, -0.25) is 19.5 Å². The third-order valence-corrected chi connectivity index (χ3v) is 6.77. The number of ether oxygens (including phenoxy) is 1. The molecule has 41 heavy (non-hydrogen) atoms. The summed E-state index contributed by atoms with van der Waals surface area (Å²) in [4.78, 5) is 32.1. The summed E-state index contributed by atoms with van der Waals surface area (Å²) in [5, 5.41) is 14.7. The average Bonchev–Trinajstić information content (AvgIpc) is 3.41. The number of carbonyl (C=O) groups excluding carboxylic acids is 2. The largest absolute Gasteiger partial charge is 0.490 e. The second-order valence-electron chi connectivity index (χ2n) is 9.52. The molecule has 0 bridgehead atoms. The van der Waals surface area contributed by atoms with Crippen LogP contribution in [0.25, 0.3) is 23.0 Å². The number of nitriles is 1. The van der Waals surface area contributed by atoms with Crippen LogP contribution in [0.3, 0.4) is 0 Å². The monoisotopic (exact) mass is 541 g/mol. The maximum absolute atomic E-state index is 13.8. The summed E-state index contributed by atoms with van der Waals surface area (Å²) >= 11 is 0. The third-order valence-electron chi connectivity index (χ3n) is 6.77. The molecule has 4 aromatic rings. The first kappa shape index (κ1) is 27.0. The van der Waals surface area contributed by atoms with Crippen LogP contribution in [0.2, 0.25) is 0 Å². The minimum atomic E-state index is -0.623. The predicted octanol–water partition coefficient (Wildman–Crippen LogP) is 5.60. The Morgan fingerprint density at radius 1 is 1.05 bits per heavy atom. The van der Waals surface area contributed by atoms with E-state index in [0.29, 0.717) is 34.8 Å². The number of rotatable bonds is 8. The molecular formula is C33H27N5O3. The summed E-state index contributed by atoms with van der Waals surface area (Å²) in [7, 11) is 0. The second-order valence-corrected chi connectivity index (χ2v) is 9.52. The van der Waals surface area contributed by atoms with E-state index in [2.05, 4.69) is 11.6 Å². The zero-order valence-electron chi connectivity index (χ0n) is 22.7. The van der Waals surface area contributed by atoms with Gasteiger partial charge in [0.25, 0.3) is 11.8 Å². The summed E-state index contributed by atoms with van der Waals surface area (Å²) in [5.41, 5.74) is 5.11. The van der Waals surface area contributed by atoms with Gasteiger partial charge in [-0.05, 0) is 73.0 Å². The summed E-state index contributed by atoms with van der Waals surface area (Å²) in [6, 6.07) is 20.9. The first-order valence-electron chi connectivity index (χ1n) is 13.0. The number of hydrogen-bond acceptors (Lipinski definition) is 6. The Kier molecular flexibility index (Phi) is 7.70. The van der Waals surface area contributed by atoms with E-state index in [9.17, 15) is 14.9 Å². The zero-order valence-corrected chi connectivity index (χ0v) is 22.7. The van der Waals surface area contributed by atoms with Crippen LogP contribution in [0, 0.1) is 18.3 Å². The van der Waals surface area contributed by atoms with Crippen LogP contribution in [-0.2, 0) is 16.1 Å². The molecule has 3 heterocycles. The fraction of sp³-hybridized carbons (Fsp3) is 0.121. The highest BCUT2D eigenvalue weighted by molar-refractivity contribution is 6.19. The second kappa shape index (κ2) is 11.7. The maximum atomic E-state index is 13.8. The first-order valence-corrected chi connectivity index (χ1v) is 13.0. The minimum Gasteiger partial charge on any atom is -0.490 e. The van der Waals surface area contributed by atoms with Crippen molar-refractivity contribution in [3.8, 4) is 28.8 Å². The number of amides is 2. The molecule has 0 fully saturated rings. The molecule has 0 spiro atoms. The van der Waals surface area contributed by atoms with Gasteiger partial charge in [-0.2, -0.15) is 10.4 Å². The standard InChI is InChI=1S/C33H27N5O3/c1-4-15-41-27-12-13-28(22(2)16-27)31-25(21-38(36-31)26-10-6-5-7-11-26)17-29-23(3)30(18-34)33(40)37(32(29)39)20-24-9-8-14-35-19-24/h4-14,16-17,19,21H,1,15,20H2,2-3H3/b29-17+. The third kappa shape index (κ3) is 5.47. The minimum absolute atomic E-state index is 0.00270. The number of aryl methyl sites for hydroxylation is 1. The molecule has 2 aromatic carbocycles. The van der Waals surface area contributed by atoms with E-state index in [1.54, 1.807) is 48.3 Å². The number of pyridine rings is 1. The van der Waals surface area contributed by atoms with E-state index in [-0.39, 0.29) is 17.7 Å². The van der Waals surface area contributed by atoms with Gasteiger partial charge in [-0.1, -0.05) is 36.9 Å². The van der Waals surface area contributed by atoms with Crippen molar-refractivity contribution in [2.24, 2.45) is 0 Å². The molecule has 1 aliphatic rings. The normalized spacial score (nSPS) is 14.4.